The van der Waals surface area contributed by atoms with Crippen LogP contribution in [0.15, 0.2) is 54.6 Å². The molecule has 0 saturated carbocycles. The maximum absolute atomic E-state index is 12.6. The lowest BCUT2D eigenvalue weighted by Gasteiger charge is -2.33. The summed E-state index contributed by atoms with van der Waals surface area (Å²) in [5.41, 5.74) is 1.94. The number of nitrogens with zero attached hydrogens (tertiary/aromatic N) is 2. The van der Waals surface area contributed by atoms with Gasteiger partial charge in [0.1, 0.15) is 11.5 Å². The molecule has 1 amide bonds. The molecule has 0 radical (unpaired) electrons. The van der Waals surface area contributed by atoms with E-state index in [9.17, 15) is 18.0 Å². The molecule has 1 fully saturated rings. The van der Waals surface area contributed by atoms with Crippen LogP contribution < -0.4 is 19.7 Å². The highest BCUT2D eigenvalue weighted by Crippen LogP contribution is 2.26. The number of carbonyl (C=O) groups excluding carboxylic acids is 1. The van der Waals surface area contributed by atoms with Crippen LogP contribution in [0.3, 0.4) is 0 Å². The highest BCUT2D eigenvalue weighted by Gasteiger charge is 2.31. The molecule has 1 aliphatic heterocycles. The summed E-state index contributed by atoms with van der Waals surface area (Å²) in [5, 5.41) is 10.4. The van der Waals surface area contributed by atoms with Gasteiger partial charge in [-0.05, 0) is 60.9 Å². The van der Waals surface area contributed by atoms with Gasteiger partial charge in [0.25, 0.3) is 5.91 Å². The van der Waals surface area contributed by atoms with Gasteiger partial charge in [-0.1, -0.05) is 6.07 Å². The third-order valence-corrected chi connectivity index (χ3v) is 5.38. The number of anilines is 1. The lowest BCUT2D eigenvalue weighted by molar-refractivity contribution is -0.274. The minimum absolute atomic E-state index is 0.107. The molecule has 33 heavy (non-hydrogen) atoms. The van der Waals surface area contributed by atoms with Crippen molar-refractivity contribution in [2.75, 3.05) is 25.1 Å². The SMILES string of the molecule is COc1ccc(-c2cc(N3CCCC(NC(=O)c4cccc(OC(F)(F)F)c4)C3)n[nH]2)cc1. The van der Waals surface area contributed by atoms with E-state index in [2.05, 4.69) is 25.2 Å². The van der Waals surface area contributed by atoms with Crippen LogP contribution in [-0.2, 0) is 0 Å². The molecule has 7 nitrogen and oxygen atoms in total. The van der Waals surface area contributed by atoms with Gasteiger partial charge in [0.05, 0.1) is 12.8 Å². The maximum Gasteiger partial charge on any atom is 0.573 e. The first-order valence-electron chi connectivity index (χ1n) is 10.4. The molecular formula is C23H23F3N4O3. The summed E-state index contributed by atoms with van der Waals surface area (Å²) >= 11 is 0. The standard InChI is InChI=1S/C23H23F3N4O3/c1-32-18-9-7-15(8-10-18)20-13-21(29-28-20)30-11-3-5-17(14-30)27-22(31)16-4-2-6-19(12-16)33-23(24,25)26/h2,4,6-10,12-13,17H,3,5,11,14H2,1H3,(H,27,31)(H,28,29). The Morgan fingerprint density at radius 2 is 1.94 bits per heavy atom. The van der Waals surface area contributed by atoms with Gasteiger partial charge >= 0.3 is 6.36 Å². The number of H-pyrrole nitrogens is 1. The van der Waals surface area contributed by atoms with E-state index in [1.807, 2.05) is 30.3 Å². The van der Waals surface area contributed by atoms with Crippen LogP contribution in [0.4, 0.5) is 19.0 Å². The summed E-state index contributed by atoms with van der Waals surface area (Å²) in [5.74, 6) is 0.655. The van der Waals surface area contributed by atoms with Gasteiger partial charge in [-0.2, -0.15) is 5.10 Å². The van der Waals surface area contributed by atoms with E-state index in [0.717, 1.165) is 54.3 Å². The van der Waals surface area contributed by atoms with Crippen molar-refractivity contribution in [3.05, 3.63) is 60.2 Å². The number of benzene rings is 2. The minimum atomic E-state index is -4.81. The van der Waals surface area contributed by atoms with Crippen LogP contribution in [0, 0.1) is 0 Å². The van der Waals surface area contributed by atoms with Crippen molar-refractivity contribution in [3.63, 3.8) is 0 Å². The van der Waals surface area contributed by atoms with Crippen LogP contribution in [0.5, 0.6) is 11.5 Å². The molecule has 2 N–H and O–H groups in total. The molecule has 2 heterocycles. The van der Waals surface area contributed by atoms with E-state index in [1.54, 1.807) is 7.11 Å². The van der Waals surface area contributed by atoms with Crippen molar-refractivity contribution in [2.24, 2.45) is 0 Å². The fourth-order valence-corrected chi connectivity index (χ4v) is 3.80. The molecule has 1 atom stereocenters. The monoisotopic (exact) mass is 460 g/mol. The normalized spacial score (nSPS) is 16.4. The van der Waals surface area contributed by atoms with Crippen molar-refractivity contribution < 1.29 is 27.4 Å². The van der Waals surface area contributed by atoms with Crippen LogP contribution in [0.2, 0.25) is 0 Å². The Balaban J connectivity index is 1.39. The number of alkyl halides is 3. The minimum Gasteiger partial charge on any atom is -0.497 e. The predicted molar refractivity (Wildman–Crippen MR) is 116 cm³/mol. The van der Waals surface area contributed by atoms with E-state index < -0.39 is 18.0 Å². The molecule has 174 valence electrons. The number of halogens is 3. The van der Waals surface area contributed by atoms with Crippen molar-refractivity contribution >= 4 is 11.7 Å². The van der Waals surface area contributed by atoms with E-state index >= 15 is 0 Å². The third-order valence-electron chi connectivity index (χ3n) is 5.38. The lowest BCUT2D eigenvalue weighted by atomic mass is 10.0. The molecule has 3 aromatic rings. The first-order valence-corrected chi connectivity index (χ1v) is 10.4. The van der Waals surface area contributed by atoms with Gasteiger partial charge in [-0.25, -0.2) is 0 Å². The average Bonchev–Trinajstić information content (AvgIpc) is 3.29. The van der Waals surface area contributed by atoms with Crippen LogP contribution in [0.25, 0.3) is 11.3 Å². The summed E-state index contributed by atoms with van der Waals surface area (Å²) in [7, 11) is 1.61. The summed E-state index contributed by atoms with van der Waals surface area (Å²) in [4.78, 5) is 14.7. The number of rotatable bonds is 6. The Morgan fingerprint density at radius 3 is 2.67 bits per heavy atom. The van der Waals surface area contributed by atoms with Crippen LogP contribution in [0.1, 0.15) is 23.2 Å². The van der Waals surface area contributed by atoms with E-state index in [-0.39, 0.29) is 11.6 Å². The molecule has 10 heteroatoms. The highest BCUT2D eigenvalue weighted by molar-refractivity contribution is 5.94. The molecule has 4 rings (SSSR count). The van der Waals surface area contributed by atoms with E-state index in [4.69, 9.17) is 4.74 Å². The van der Waals surface area contributed by atoms with Crippen LogP contribution >= 0.6 is 0 Å². The number of aromatic nitrogens is 2. The first-order chi connectivity index (χ1) is 15.8. The molecule has 1 saturated heterocycles. The molecule has 0 bridgehead atoms. The number of aromatic amines is 1. The van der Waals surface area contributed by atoms with Crippen molar-refractivity contribution in [2.45, 2.75) is 25.2 Å². The fraction of sp³-hybridized carbons (Fsp3) is 0.304. The number of hydrogen-bond acceptors (Lipinski definition) is 5. The third kappa shape index (κ3) is 5.76. The molecule has 1 aromatic heterocycles. The number of piperidine rings is 1. The average molecular weight is 460 g/mol. The van der Waals surface area contributed by atoms with Gasteiger partial charge in [0, 0.05) is 30.8 Å². The molecule has 1 aliphatic rings. The number of nitrogens with one attached hydrogen (secondary N) is 2. The van der Waals surface area contributed by atoms with Gasteiger partial charge in [-0.15, -0.1) is 13.2 Å². The Kier molecular flexibility index (Phi) is 6.43. The summed E-state index contributed by atoms with van der Waals surface area (Å²) < 4.78 is 46.4. The number of ether oxygens (including phenoxy) is 2. The molecule has 0 aliphatic carbocycles. The fourth-order valence-electron chi connectivity index (χ4n) is 3.80. The number of carbonyl (C=O) groups is 1. The summed E-state index contributed by atoms with van der Waals surface area (Å²) in [6.07, 6.45) is -3.21. The zero-order chi connectivity index (χ0) is 23.4. The Labute approximate surface area is 188 Å². The second-order valence-corrected chi connectivity index (χ2v) is 7.70. The second-order valence-electron chi connectivity index (χ2n) is 7.70. The van der Waals surface area contributed by atoms with Gasteiger partial charge in [0.15, 0.2) is 5.82 Å². The molecule has 0 spiro atoms. The van der Waals surface area contributed by atoms with Crippen molar-refractivity contribution in [1.29, 1.82) is 0 Å². The number of methoxy groups -OCH3 is 1. The highest BCUT2D eigenvalue weighted by atomic mass is 19.4. The van der Waals surface area contributed by atoms with E-state index in [1.165, 1.54) is 12.1 Å². The zero-order valence-corrected chi connectivity index (χ0v) is 17.9. The molecule has 2 aromatic carbocycles. The Hall–Kier alpha value is -3.69. The topological polar surface area (TPSA) is 79.5 Å². The van der Waals surface area contributed by atoms with E-state index in [0.29, 0.717) is 6.54 Å². The second kappa shape index (κ2) is 9.43. The Morgan fingerprint density at radius 1 is 1.15 bits per heavy atom. The predicted octanol–water partition coefficient (Wildman–Crippen LogP) is 4.38. The zero-order valence-electron chi connectivity index (χ0n) is 17.9. The summed E-state index contributed by atoms with van der Waals surface area (Å²) in [6.45, 7) is 1.32. The smallest absolute Gasteiger partial charge is 0.497 e. The van der Waals surface area contributed by atoms with Crippen molar-refractivity contribution in [1.82, 2.24) is 15.5 Å². The summed E-state index contributed by atoms with van der Waals surface area (Å²) in [6, 6.07) is 14.4. The van der Waals surface area contributed by atoms with Gasteiger partial charge in [-0.3, -0.25) is 9.89 Å². The maximum atomic E-state index is 12.6. The number of hydrogen-bond donors (Lipinski definition) is 2. The lowest BCUT2D eigenvalue weighted by Crippen LogP contribution is -2.48. The van der Waals surface area contributed by atoms with Crippen molar-refractivity contribution in [3.8, 4) is 22.8 Å². The number of amides is 1. The largest absolute Gasteiger partial charge is 0.573 e. The first kappa shape index (κ1) is 22.5. The Bertz CT molecular complexity index is 1100. The quantitative estimate of drug-likeness (QED) is 0.571. The molecule has 1 unspecified atom stereocenters. The molecular weight excluding hydrogens is 437 g/mol. The van der Waals surface area contributed by atoms with Gasteiger partial charge < -0.3 is 19.7 Å². The van der Waals surface area contributed by atoms with Crippen LogP contribution in [-0.4, -0.2) is 48.7 Å². The van der Waals surface area contributed by atoms with Gasteiger partial charge in [0.2, 0.25) is 0 Å².